The van der Waals surface area contributed by atoms with E-state index in [9.17, 15) is 0 Å². The van der Waals surface area contributed by atoms with Crippen molar-refractivity contribution in [3.63, 3.8) is 0 Å². The Morgan fingerprint density at radius 1 is 1.36 bits per heavy atom. The Morgan fingerprint density at radius 2 is 2.24 bits per heavy atom. The molecule has 0 bridgehead atoms. The van der Waals surface area contributed by atoms with Crippen LogP contribution in [0.25, 0.3) is 0 Å². The highest BCUT2D eigenvalue weighted by Gasteiger charge is 2.25. The van der Waals surface area contributed by atoms with Gasteiger partial charge in [0.25, 0.3) is 0 Å². The third-order valence-corrected chi connectivity index (χ3v) is 6.24. The second-order valence-electron chi connectivity index (χ2n) is 6.92. The Balaban J connectivity index is 1.60. The molecule has 0 aromatic carbocycles. The second-order valence-corrected chi connectivity index (χ2v) is 8.05. The summed E-state index contributed by atoms with van der Waals surface area (Å²) < 4.78 is 7.70. The summed E-state index contributed by atoms with van der Waals surface area (Å²) in [7, 11) is 1.98. The van der Waals surface area contributed by atoms with Crippen LogP contribution in [0.5, 0.6) is 0 Å². The number of rotatable bonds is 6. The fourth-order valence-electron chi connectivity index (χ4n) is 3.39. The Hall–Kier alpha value is -1.28. The fourth-order valence-corrected chi connectivity index (χ4v) is 4.18. The topological polar surface area (TPSA) is 76.4 Å². The molecule has 1 aliphatic heterocycles. The van der Waals surface area contributed by atoms with Crippen LogP contribution in [0.1, 0.15) is 43.8 Å². The predicted octanol–water partition coefficient (Wildman–Crippen LogP) is 1.62. The Kier molecular flexibility index (Phi) is 6.58. The fraction of sp³-hybridized carbons (Fsp3) is 0.824. The van der Waals surface area contributed by atoms with Gasteiger partial charge in [-0.25, -0.2) is 4.99 Å². The van der Waals surface area contributed by atoms with Crippen molar-refractivity contribution < 1.29 is 4.74 Å². The maximum Gasteiger partial charge on any atom is 0.192 e. The van der Waals surface area contributed by atoms with E-state index >= 15 is 0 Å². The van der Waals surface area contributed by atoms with Gasteiger partial charge in [0.05, 0.1) is 6.10 Å². The average molecular weight is 367 g/mol. The molecular weight excluding hydrogens is 336 g/mol. The highest BCUT2D eigenvalue weighted by Crippen LogP contribution is 2.28. The summed E-state index contributed by atoms with van der Waals surface area (Å²) in [5.74, 6) is 2.65. The quantitative estimate of drug-likeness (QED) is 0.589. The first kappa shape index (κ1) is 18.5. The van der Waals surface area contributed by atoms with Gasteiger partial charge in [-0.1, -0.05) is 0 Å². The average Bonchev–Trinajstić information content (AvgIpc) is 3.35. The van der Waals surface area contributed by atoms with Crippen LogP contribution in [0.4, 0.5) is 0 Å². The van der Waals surface area contributed by atoms with Crippen molar-refractivity contribution in [2.45, 2.75) is 63.0 Å². The molecule has 8 heteroatoms. The monoisotopic (exact) mass is 366 g/mol. The van der Waals surface area contributed by atoms with E-state index in [-0.39, 0.29) is 0 Å². The van der Waals surface area contributed by atoms with Gasteiger partial charge in [-0.3, -0.25) is 0 Å². The lowest BCUT2D eigenvalue weighted by atomic mass is 10.2. The van der Waals surface area contributed by atoms with Crippen LogP contribution in [-0.4, -0.2) is 57.5 Å². The molecule has 2 heterocycles. The van der Waals surface area contributed by atoms with E-state index in [4.69, 9.17) is 9.73 Å². The number of thioether (sulfide) groups is 1. The van der Waals surface area contributed by atoms with Gasteiger partial charge in [-0.2, -0.15) is 11.8 Å². The lowest BCUT2D eigenvalue weighted by Crippen LogP contribution is -2.45. The van der Waals surface area contributed by atoms with E-state index < -0.39 is 0 Å². The van der Waals surface area contributed by atoms with E-state index in [1.165, 1.54) is 19.3 Å². The molecular formula is C17H30N6OS. The summed E-state index contributed by atoms with van der Waals surface area (Å²) in [6.07, 6.45) is 8.46. The van der Waals surface area contributed by atoms with Gasteiger partial charge in [0.1, 0.15) is 12.4 Å². The molecule has 1 saturated carbocycles. The van der Waals surface area contributed by atoms with Crippen molar-refractivity contribution in [2.24, 2.45) is 12.0 Å². The van der Waals surface area contributed by atoms with Crippen molar-refractivity contribution in [2.75, 3.05) is 19.4 Å². The number of aliphatic imine (C=N–C) groups is 1. The van der Waals surface area contributed by atoms with Gasteiger partial charge < -0.3 is 19.9 Å². The van der Waals surface area contributed by atoms with E-state index in [1.807, 2.05) is 30.3 Å². The zero-order valence-corrected chi connectivity index (χ0v) is 16.3. The van der Waals surface area contributed by atoms with Gasteiger partial charge in [-0.05, 0) is 45.3 Å². The molecule has 3 rings (SSSR count). The molecule has 140 valence electrons. The molecule has 3 unspecified atom stereocenters. The molecule has 1 aromatic heterocycles. The van der Waals surface area contributed by atoms with Crippen molar-refractivity contribution >= 4 is 17.7 Å². The first-order valence-corrected chi connectivity index (χ1v) is 10.5. The summed E-state index contributed by atoms with van der Waals surface area (Å²) in [5, 5.41) is 16.2. The molecule has 0 amide bonds. The first-order chi connectivity index (χ1) is 12.2. The Bertz CT molecular complexity index is 584. The van der Waals surface area contributed by atoms with Gasteiger partial charge in [0, 0.05) is 31.5 Å². The molecule has 3 atom stereocenters. The number of aryl methyl sites for hydroxylation is 1. The van der Waals surface area contributed by atoms with Crippen molar-refractivity contribution in [3.05, 3.63) is 11.6 Å². The lowest BCUT2D eigenvalue weighted by molar-refractivity contribution is 0.113. The number of hydrogen-bond donors (Lipinski definition) is 2. The molecule has 2 N–H and O–H groups in total. The summed E-state index contributed by atoms with van der Waals surface area (Å²) in [6, 6.07) is 0.495. The van der Waals surface area contributed by atoms with Crippen LogP contribution in [0, 0.1) is 6.92 Å². The number of ether oxygens (including phenoxy) is 1. The number of aromatic nitrogens is 3. The molecule has 2 fully saturated rings. The molecule has 0 spiro atoms. The van der Waals surface area contributed by atoms with E-state index in [0.29, 0.717) is 18.7 Å². The van der Waals surface area contributed by atoms with Crippen molar-refractivity contribution in [1.29, 1.82) is 0 Å². The lowest BCUT2D eigenvalue weighted by Gasteiger charge is -2.19. The van der Waals surface area contributed by atoms with E-state index in [0.717, 1.165) is 48.9 Å². The third kappa shape index (κ3) is 5.10. The zero-order chi connectivity index (χ0) is 17.6. The standard InChI is InChI=1S/C17H30N6OS/c1-12-21-22-16(23(12)2)11-19-17(18-10-14-5-4-8-24-14)20-13-6-7-15(9-13)25-3/h13-15H,4-11H2,1-3H3,(H2,18,19,20). The molecule has 0 radical (unpaired) electrons. The maximum atomic E-state index is 5.72. The summed E-state index contributed by atoms with van der Waals surface area (Å²) in [4.78, 5) is 4.75. The Morgan fingerprint density at radius 3 is 2.88 bits per heavy atom. The minimum Gasteiger partial charge on any atom is -0.376 e. The maximum absolute atomic E-state index is 5.72. The van der Waals surface area contributed by atoms with Crippen molar-refractivity contribution in [1.82, 2.24) is 25.4 Å². The van der Waals surface area contributed by atoms with Gasteiger partial charge in [-0.15, -0.1) is 10.2 Å². The highest BCUT2D eigenvalue weighted by molar-refractivity contribution is 7.99. The predicted molar refractivity (Wildman–Crippen MR) is 102 cm³/mol. The van der Waals surface area contributed by atoms with Crippen LogP contribution in [0.3, 0.4) is 0 Å². The smallest absolute Gasteiger partial charge is 0.192 e. The molecule has 1 aromatic rings. The number of nitrogens with one attached hydrogen (secondary N) is 2. The summed E-state index contributed by atoms with van der Waals surface area (Å²) >= 11 is 1.97. The van der Waals surface area contributed by atoms with Gasteiger partial charge >= 0.3 is 0 Å². The van der Waals surface area contributed by atoms with E-state index in [1.54, 1.807) is 0 Å². The van der Waals surface area contributed by atoms with Gasteiger partial charge in [0.2, 0.25) is 0 Å². The SMILES string of the molecule is CSC1CCC(NC(=NCc2nnc(C)n2C)NCC2CCCO2)C1. The van der Waals surface area contributed by atoms with Gasteiger partial charge in [0.15, 0.2) is 11.8 Å². The highest BCUT2D eigenvalue weighted by atomic mass is 32.2. The van der Waals surface area contributed by atoms with Crippen LogP contribution in [0.2, 0.25) is 0 Å². The summed E-state index contributed by atoms with van der Waals surface area (Å²) in [6.45, 7) is 4.16. The number of guanidine groups is 1. The zero-order valence-electron chi connectivity index (χ0n) is 15.5. The minimum absolute atomic E-state index is 0.298. The number of hydrogen-bond acceptors (Lipinski definition) is 5. The molecule has 7 nitrogen and oxygen atoms in total. The normalized spacial score (nSPS) is 27.0. The first-order valence-electron chi connectivity index (χ1n) is 9.20. The van der Waals surface area contributed by atoms with E-state index in [2.05, 4.69) is 27.1 Å². The number of nitrogens with zero attached hydrogens (tertiary/aromatic N) is 4. The van der Waals surface area contributed by atoms with Crippen LogP contribution in [-0.2, 0) is 18.3 Å². The van der Waals surface area contributed by atoms with Crippen molar-refractivity contribution in [3.8, 4) is 0 Å². The molecule has 25 heavy (non-hydrogen) atoms. The largest absolute Gasteiger partial charge is 0.376 e. The van der Waals surface area contributed by atoms with Crippen LogP contribution >= 0.6 is 11.8 Å². The minimum atomic E-state index is 0.298. The second kappa shape index (κ2) is 8.89. The third-order valence-electron chi connectivity index (χ3n) is 5.14. The summed E-state index contributed by atoms with van der Waals surface area (Å²) in [5.41, 5.74) is 0. The molecule has 2 aliphatic rings. The molecule has 1 aliphatic carbocycles. The van der Waals surface area contributed by atoms with Crippen LogP contribution < -0.4 is 10.6 Å². The van der Waals surface area contributed by atoms with Crippen LogP contribution in [0.15, 0.2) is 4.99 Å². The Labute approximate surface area is 154 Å². The molecule has 1 saturated heterocycles.